The summed E-state index contributed by atoms with van der Waals surface area (Å²) in [7, 11) is 0. The third-order valence-electron chi connectivity index (χ3n) is 4.98. The summed E-state index contributed by atoms with van der Waals surface area (Å²) in [5.74, 6) is -10.4. The molecule has 0 N–H and O–H groups in total. The molecule has 3 rings (SSSR count). The van der Waals surface area contributed by atoms with E-state index >= 15 is 0 Å². The smallest absolute Gasteiger partial charge is 0.268 e. The van der Waals surface area contributed by atoms with Crippen molar-refractivity contribution in [2.75, 3.05) is 4.90 Å². The highest BCUT2D eigenvalue weighted by atomic mass is 19.2. The van der Waals surface area contributed by atoms with Gasteiger partial charge in [0.25, 0.3) is 11.8 Å². The van der Waals surface area contributed by atoms with E-state index in [2.05, 4.69) is 0 Å². The topological polar surface area (TPSA) is 37.4 Å². The number of halogens is 4. The summed E-state index contributed by atoms with van der Waals surface area (Å²) in [5.41, 5.74) is -1.91. The van der Waals surface area contributed by atoms with Gasteiger partial charge in [-0.1, -0.05) is 59.7 Å². The maximum absolute atomic E-state index is 14.3. The fraction of sp³-hybridized carbons (Fsp3) is 0.364. The van der Waals surface area contributed by atoms with E-state index < -0.39 is 57.0 Å². The van der Waals surface area contributed by atoms with Crippen LogP contribution in [0.1, 0.15) is 73.4 Å². The van der Waals surface area contributed by atoms with Crippen molar-refractivity contribution in [1.29, 1.82) is 0 Å². The van der Waals surface area contributed by atoms with Crippen LogP contribution in [0.5, 0.6) is 0 Å². The zero-order chi connectivity index (χ0) is 22.0. The monoisotopic (exact) mass is 407 g/mol. The molecule has 0 radical (unpaired) electrons. The van der Waals surface area contributed by atoms with Crippen LogP contribution in [0.3, 0.4) is 0 Å². The van der Waals surface area contributed by atoms with Crippen LogP contribution in [-0.4, -0.2) is 11.8 Å². The quantitative estimate of drug-likeness (QED) is 0.266. The SMILES string of the molecule is CC(C)(C)c1cccc(C(C)(C)C)c1N1C(=O)c2c(F)c(F)c(F)c(F)c2C1=O. The molecule has 7 heteroatoms. The van der Waals surface area contributed by atoms with Gasteiger partial charge in [-0.15, -0.1) is 0 Å². The van der Waals surface area contributed by atoms with Crippen molar-refractivity contribution in [3.05, 3.63) is 63.7 Å². The average Bonchev–Trinajstić information content (AvgIpc) is 2.86. The number of hydrogen-bond donors (Lipinski definition) is 0. The maximum atomic E-state index is 14.3. The van der Waals surface area contributed by atoms with Crippen LogP contribution in [0.15, 0.2) is 18.2 Å². The summed E-state index contributed by atoms with van der Waals surface area (Å²) in [4.78, 5) is 26.7. The first-order valence-corrected chi connectivity index (χ1v) is 9.08. The zero-order valence-corrected chi connectivity index (χ0v) is 17.0. The molecule has 0 unspecified atom stereocenters. The first-order chi connectivity index (χ1) is 13.2. The third kappa shape index (κ3) is 3.03. The number of para-hydroxylation sites is 1. The molecule has 0 saturated carbocycles. The molecule has 0 fully saturated rings. The average molecular weight is 407 g/mol. The number of benzene rings is 2. The summed E-state index contributed by atoms with van der Waals surface area (Å²) in [6.45, 7) is 11.1. The molecule has 154 valence electrons. The lowest BCUT2D eigenvalue weighted by Gasteiger charge is -2.33. The number of imide groups is 1. The molecular formula is C22H21F4NO2. The van der Waals surface area contributed by atoms with Gasteiger partial charge in [0.15, 0.2) is 23.3 Å². The molecule has 0 saturated heterocycles. The Kier molecular flexibility index (Phi) is 4.64. The molecule has 0 atom stereocenters. The van der Waals surface area contributed by atoms with Crippen molar-refractivity contribution in [3.8, 4) is 0 Å². The Morgan fingerprint density at radius 2 is 1.00 bits per heavy atom. The Bertz CT molecular complexity index is 983. The van der Waals surface area contributed by atoms with Crippen molar-refractivity contribution in [3.63, 3.8) is 0 Å². The molecular weight excluding hydrogens is 386 g/mol. The first kappa shape index (κ1) is 21.0. The Morgan fingerprint density at radius 1 is 0.655 bits per heavy atom. The number of carbonyl (C=O) groups excluding carboxylic acids is 2. The molecule has 1 aliphatic heterocycles. The number of anilines is 1. The normalized spacial score (nSPS) is 14.6. The van der Waals surface area contributed by atoms with Gasteiger partial charge in [0.2, 0.25) is 0 Å². The van der Waals surface area contributed by atoms with Crippen LogP contribution in [0.2, 0.25) is 0 Å². The Morgan fingerprint density at radius 3 is 1.31 bits per heavy atom. The number of amides is 2. The summed E-state index contributed by atoms with van der Waals surface area (Å²) in [6, 6.07) is 5.19. The fourth-order valence-electron chi connectivity index (χ4n) is 3.55. The lowest BCUT2D eigenvalue weighted by Crippen LogP contribution is -2.35. The number of rotatable bonds is 1. The van der Waals surface area contributed by atoms with Gasteiger partial charge >= 0.3 is 0 Å². The molecule has 0 aliphatic carbocycles. The molecule has 1 aliphatic rings. The standard InChI is InChI=1S/C22H21F4NO2/c1-21(2,3)10-8-7-9-11(22(4,5)6)18(10)27-19(28)12-13(20(27)29)15(24)17(26)16(25)14(12)23/h7-9H,1-6H3. The van der Waals surface area contributed by atoms with Gasteiger partial charge in [-0.05, 0) is 22.0 Å². The van der Waals surface area contributed by atoms with Crippen LogP contribution < -0.4 is 4.90 Å². The van der Waals surface area contributed by atoms with E-state index in [-0.39, 0.29) is 5.69 Å². The molecule has 3 nitrogen and oxygen atoms in total. The second-order valence-corrected chi connectivity index (χ2v) is 9.15. The van der Waals surface area contributed by atoms with E-state index in [1.165, 1.54) is 0 Å². The van der Waals surface area contributed by atoms with Crippen molar-refractivity contribution >= 4 is 17.5 Å². The second kappa shape index (κ2) is 6.40. The number of hydrogen-bond acceptors (Lipinski definition) is 2. The van der Waals surface area contributed by atoms with Gasteiger partial charge < -0.3 is 0 Å². The summed E-state index contributed by atoms with van der Waals surface area (Å²) in [6.07, 6.45) is 0. The minimum absolute atomic E-state index is 0.179. The van der Waals surface area contributed by atoms with Crippen LogP contribution in [-0.2, 0) is 10.8 Å². The minimum Gasteiger partial charge on any atom is -0.268 e. The van der Waals surface area contributed by atoms with E-state index in [9.17, 15) is 27.2 Å². The minimum atomic E-state index is -2.12. The van der Waals surface area contributed by atoms with Crippen LogP contribution in [0, 0.1) is 23.3 Å². The lowest BCUT2D eigenvalue weighted by molar-refractivity contribution is 0.0923. The fourth-order valence-corrected chi connectivity index (χ4v) is 3.55. The Hall–Kier alpha value is -2.70. The van der Waals surface area contributed by atoms with E-state index in [4.69, 9.17) is 0 Å². The highest BCUT2D eigenvalue weighted by molar-refractivity contribution is 6.35. The Balaban J connectivity index is 2.40. The van der Waals surface area contributed by atoms with Crippen molar-refractivity contribution < 1.29 is 27.2 Å². The maximum Gasteiger partial charge on any atom is 0.269 e. The van der Waals surface area contributed by atoms with Crippen molar-refractivity contribution in [2.24, 2.45) is 0 Å². The zero-order valence-electron chi connectivity index (χ0n) is 17.0. The van der Waals surface area contributed by atoms with E-state index in [0.29, 0.717) is 16.0 Å². The van der Waals surface area contributed by atoms with Crippen molar-refractivity contribution in [1.82, 2.24) is 0 Å². The molecule has 29 heavy (non-hydrogen) atoms. The van der Waals surface area contributed by atoms with Crippen LogP contribution in [0.25, 0.3) is 0 Å². The van der Waals surface area contributed by atoms with Crippen molar-refractivity contribution in [2.45, 2.75) is 52.4 Å². The highest BCUT2D eigenvalue weighted by Crippen LogP contribution is 2.44. The Labute approximate surface area is 166 Å². The molecule has 2 aromatic rings. The van der Waals surface area contributed by atoms with Gasteiger partial charge in [-0.2, -0.15) is 0 Å². The molecule has 1 heterocycles. The van der Waals surface area contributed by atoms with Gasteiger partial charge in [0, 0.05) is 0 Å². The number of fused-ring (bicyclic) bond motifs is 1. The third-order valence-corrected chi connectivity index (χ3v) is 4.98. The van der Waals surface area contributed by atoms with E-state index in [1.807, 2.05) is 41.5 Å². The number of carbonyl (C=O) groups is 2. The van der Waals surface area contributed by atoms with Gasteiger partial charge in [0.1, 0.15) is 0 Å². The second-order valence-electron chi connectivity index (χ2n) is 9.15. The largest absolute Gasteiger partial charge is 0.269 e. The first-order valence-electron chi connectivity index (χ1n) is 9.08. The highest BCUT2D eigenvalue weighted by Gasteiger charge is 2.47. The van der Waals surface area contributed by atoms with Gasteiger partial charge in [-0.3, -0.25) is 9.59 Å². The molecule has 0 spiro atoms. The molecule has 2 aromatic carbocycles. The van der Waals surface area contributed by atoms with E-state index in [1.54, 1.807) is 18.2 Å². The number of nitrogens with zero attached hydrogens (tertiary/aromatic N) is 1. The lowest BCUT2D eigenvalue weighted by atomic mass is 9.78. The summed E-state index contributed by atoms with van der Waals surface area (Å²) >= 11 is 0. The molecule has 2 amide bonds. The predicted molar refractivity (Wildman–Crippen MR) is 101 cm³/mol. The van der Waals surface area contributed by atoms with E-state index in [0.717, 1.165) is 0 Å². The van der Waals surface area contributed by atoms with Gasteiger partial charge in [0.05, 0.1) is 16.8 Å². The molecule has 0 bridgehead atoms. The summed E-state index contributed by atoms with van der Waals surface area (Å²) < 4.78 is 56.2. The van der Waals surface area contributed by atoms with Gasteiger partial charge in [-0.25, -0.2) is 22.5 Å². The van der Waals surface area contributed by atoms with Crippen LogP contribution >= 0.6 is 0 Å². The summed E-state index contributed by atoms with van der Waals surface area (Å²) in [5, 5.41) is 0. The predicted octanol–water partition coefficient (Wildman–Crippen LogP) is 5.64. The van der Waals surface area contributed by atoms with Crippen LogP contribution in [0.4, 0.5) is 23.2 Å². The molecule has 0 aromatic heterocycles.